The molecule has 2 fully saturated rings. The van der Waals surface area contributed by atoms with Gasteiger partial charge in [-0.2, -0.15) is 0 Å². The molecule has 0 N–H and O–H groups in total. The lowest BCUT2D eigenvalue weighted by Gasteiger charge is -2.37. The van der Waals surface area contributed by atoms with Crippen LogP contribution in [0.3, 0.4) is 0 Å². The van der Waals surface area contributed by atoms with Crippen LogP contribution in [-0.4, -0.2) is 65.8 Å². The van der Waals surface area contributed by atoms with Crippen LogP contribution in [0.25, 0.3) is 0 Å². The molecule has 5 nitrogen and oxygen atoms in total. The van der Waals surface area contributed by atoms with Crippen molar-refractivity contribution in [3.63, 3.8) is 0 Å². The van der Waals surface area contributed by atoms with Gasteiger partial charge in [-0.05, 0) is 36.0 Å². The van der Waals surface area contributed by atoms with Crippen LogP contribution in [-0.2, 0) is 16.1 Å². The van der Waals surface area contributed by atoms with Crippen LogP contribution in [0.2, 0.25) is 0 Å². The average Bonchev–Trinajstić information content (AvgIpc) is 3.26. The molecule has 0 radical (unpaired) electrons. The van der Waals surface area contributed by atoms with Gasteiger partial charge < -0.3 is 9.80 Å². The Morgan fingerprint density at radius 3 is 2.23 bits per heavy atom. The van der Waals surface area contributed by atoms with Crippen molar-refractivity contribution in [3.8, 4) is 0 Å². The molecule has 3 rings (SSSR count). The predicted octanol–water partition coefficient (Wildman–Crippen LogP) is 3.92. The minimum atomic E-state index is -0.263. The van der Waals surface area contributed by atoms with Gasteiger partial charge in [0.1, 0.15) is 5.82 Å². The van der Waals surface area contributed by atoms with Gasteiger partial charge in [0.25, 0.3) is 0 Å². The van der Waals surface area contributed by atoms with Crippen LogP contribution >= 0.6 is 0 Å². The Morgan fingerprint density at radius 2 is 1.65 bits per heavy atom. The molecule has 1 aliphatic heterocycles. The summed E-state index contributed by atoms with van der Waals surface area (Å²) in [6.07, 6.45) is 4.95. The minimum Gasteiger partial charge on any atom is -0.340 e. The predicted molar refractivity (Wildman–Crippen MR) is 121 cm³/mol. The van der Waals surface area contributed by atoms with Crippen LogP contribution in [0.4, 0.5) is 4.39 Å². The molecule has 1 saturated carbocycles. The van der Waals surface area contributed by atoms with Crippen molar-refractivity contribution in [1.29, 1.82) is 0 Å². The molecule has 1 aliphatic carbocycles. The summed E-state index contributed by atoms with van der Waals surface area (Å²) in [7, 11) is 0. The van der Waals surface area contributed by atoms with E-state index in [2.05, 4.69) is 25.7 Å². The highest BCUT2D eigenvalue weighted by atomic mass is 19.1. The fourth-order valence-electron chi connectivity index (χ4n) is 4.55. The number of nitrogens with zero attached hydrogens (tertiary/aromatic N) is 3. The van der Waals surface area contributed by atoms with Crippen molar-refractivity contribution in [1.82, 2.24) is 14.7 Å². The molecule has 2 aliphatic rings. The maximum absolute atomic E-state index is 13.3. The third kappa shape index (κ3) is 7.30. The lowest BCUT2D eigenvalue weighted by molar-refractivity contribution is -0.137. The molecule has 6 heteroatoms. The molecular weight excluding hydrogens is 393 g/mol. The molecule has 1 aromatic rings. The average molecular weight is 432 g/mol. The molecule has 1 heterocycles. The highest BCUT2D eigenvalue weighted by Gasteiger charge is 2.29. The van der Waals surface area contributed by atoms with Gasteiger partial charge in [-0.25, -0.2) is 4.39 Å². The topological polar surface area (TPSA) is 43.9 Å². The second kappa shape index (κ2) is 10.6. The summed E-state index contributed by atoms with van der Waals surface area (Å²) in [5.41, 5.74) is 0.861. The molecule has 0 bridgehead atoms. The van der Waals surface area contributed by atoms with E-state index < -0.39 is 0 Å². The van der Waals surface area contributed by atoms with Crippen molar-refractivity contribution in [2.45, 2.75) is 59.4 Å². The zero-order valence-electron chi connectivity index (χ0n) is 19.4. The fourth-order valence-corrected chi connectivity index (χ4v) is 4.55. The lowest BCUT2D eigenvalue weighted by Crippen LogP contribution is -2.51. The van der Waals surface area contributed by atoms with Gasteiger partial charge in [-0.3, -0.25) is 14.5 Å². The smallest absolute Gasteiger partial charge is 0.225 e. The van der Waals surface area contributed by atoms with Crippen LogP contribution in [0.15, 0.2) is 24.3 Å². The van der Waals surface area contributed by atoms with E-state index in [1.165, 1.54) is 25.0 Å². The molecular formula is C25H38FN3O2. The monoisotopic (exact) mass is 431 g/mol. The Balaban J connectivity index is 1.52. The highest BCUT2D eigenvalue weighted by molar-refractivity contribution is 5.79. The van der Waals surface area contributed by atoms with E-state index in [9.17, 15) is 14.0 Å². The van der Waals surface area contributed by atoms with E-state index in [1.54, 1.807) is 12.1 Å². The summed E-state index contributed by atoms with van der Waals surface area (Å²) >= 11 is 0. The normalized spacial score (nSPS) is 18.4. The van der Waals surface area contributed by atoms with Gasteiger partial charge in [0.2, 0.25) is 11.8 Å². The number of hydrogen-bond acceptors (Lipinski definition) is 3. The van der Waals surface area contributed by atoms with Crippen molar-refractivity contribution >= 4 is 11.8 Å². The molecule has 172 valence electrons. The van der Waals surface area contributed by atoms with E-state index in [0.29, 0.717) is 25.4 Å². The van der Waals surface area contributed by atoms with Crippen molar-refractivity contribution in [2.75, 3.05) is 39.3 Å². The molecule has 2 amide bonds. The van der Waals surface area contributed by atoms with Crippen LogP contribution in [0.5, 0.6) is 0 Å². The Hall–Kier alpha value is -1.95. The van der Waals surface area contributed by atoms with Crippen LogP contribution in [0.1, 0.15) is 58.4 Å². The van der Waals surface area contributed by atoms with E-state index in [1.807, 2.05) is 9.80 Å². The maximum Gasteiger partial charge on any atom is 0.225 e. The van der Waals surface area contributed by atoms with Gasteiger partial charge in [-0.1, -0.05) is 45.7 Å². The van der Waals surface area contributed by atoms with Crippen molar-refractivity contribution < 1.29 is 14.0 Å². The molecule has 1 aromatic carbocycles. The van der Waals surface area contributed by atoms with Gasteiger partial charge in [0.15, 0.2) is 0 Å². The van der Waals surface area contributed by atoms with Crippen LogP contribution < -0.4 is 0 Å². The number of piperazine rings is 1. The van der Waals surface area contributed by atoms with E-state index in [4.69, 9.17) is 0 Å². The number of halogens is 1. The van der Waals surface area contributed by atoms with Gasteiger partial charge in [-0.15, -0.1) is 0 Å². The summed E-state index contributed by atoms with van der Waals surface area (Å²) in [6, 6.07) is 6.39. The van der Waals surface area contributed by atoms with Crippen LogP contribution in [0, 0.1) is 17.2 Å². The Labute approximate surface area is 186 Å². The number of carbonyl (C=O) groups excluding carboxylic acids is 2. The van der Waals surface area contributed by atoms with Gasteiger partial charge in [0.05, 0.1) is 0 Å². The second-order valence-electron chi connectivity index (χ2n) is 10.3. The first kappa shape index (κ1) is 23.7. The fraction of sp³-hybridized carbons (Fsp3) is 0.680. The first-order valence-electron chi connectivity index (χ1n) is 11.7. The summed E-state index contributed by atoms with van der Waals surface area (Å²) in [5.74, 6) is 0.455. The largest absolute Gasteiger partial charge is 0.340 e. The van der Waals surface area contributed by atoms with E-state index >= 15 is 0 Å². The molecule has 0 atom stereocenters. The zero-order chi connectivity index (χ0) is 22.4. The number of amides is 2. The Kier molecular flexibility index (Phi) is 8.09. The first-order valence-corrected chi connectivity index (χ1v) is 11.7. The number of rotatable bonds is 7. The van der Waals surface area contributed by atoms with Gasteiger partial charge in [0, 0.05) is 58.2 Å². The molecule has 1 saturated heterocycles. The first-order chi connectivity index (χ1) is 14.7. The molecule has 31 heavy (non-hydrogen) atoms. The minimum absolute atomic E-state index is 0.0790. The summed E-state index contributed by atoms with van der Waals surface area (Å²) < 4.78 is 13.3. The summed E-state index contributed by atoms with van der Waals surface area (Å²) in [4.78, 5) is 31.9. The zero-order valence-corrected chi connectivity index (χ0v) is 19.4. The third-order valence-electron chi connectivity index (χ3n) is 6.40. The van der Waals surface area contributed by atoms with E-state index in [-0.39, 0.29) is 23.1 Å². The maximum atomic E-state index is 13.3. The highest BCUT2D eigenvalue weighted by Crippen LogP contribution is 2.27. The third-order valence-corrected chi connectivity index (χ3v) is 6.40. The number of carbonyl (C=O) groups is 2. The van der Waals surface area contributed by atoms with E-state index in [0.717, 1.165) is 51.1 Å². The standard InChI is InChI=1S/C25H38FN3O2/c1-25(2,3)18-23(30)29(19-20-8-10-22(26)11-9-20)17-14-27-12-15-28(16-13-27)24(31)21-6-4-5-7-21/h8-11,21H,4-7,12-19H2,1-3H3. The van der Waals surface area contributed by atoms with Crippen molar-refractivity contribution in [2.24, 2.45) is 11.3 Å². The SMILES string of the molecule is CC(C)(C)CC(=O)N(CCN1CCN(C(=O)C2CCCC2)CC1)Cc1ccc(F)cc1. The second-order valence-corrected chi connectivity index (χ2v) is 10.3. The van der Waals surface area contributed by atoms with Crippen molar-refractivity contribution in [3.05, 3.63) is 35.6 Å². The quantitative estimate of drug-likeness (QED) is 0.657. The Morgan fingerprint density at radius 1 is 1.03 bits per heavy atom. The Bertz CT molecular complexity index is 730. The van der Waals surface area contributed by atoms with Gasteiger partial charge >= 0.3 is 0 Å². The summed E-state index contributed by atoms with van der Waals surface area (Å²) in [6.45, 7) is 11.4. The number of benzene rings is 1. The summed E-state index contributed by atoms with van der Waals surface area (Å²) in [5, 5.41) is 0. The molecule has 0 aromatic heterocycles. The molecule has 0 spiro atoms. The lowest BCUT2D eigenvalue weighted by atomic mass is 9.91. The number of hydrogen-bond donors (Lipinski definition) is 0. The molecule has 0 unspecified atom stereocenters.